The molecule has 1 saturated heterocycles. The maximum atomic E-state index is 13.5. The maximum absolute atomic E-state index is 13.5. The van der Waals surface area contributed by atoms with Crippen LogP contribution in [-0.2, 0) is 4.79 Å². The number of amides is 1. The second kappa shape index (κ2) is 10.4. The number of likely N-dealkylation sites (tertiary alicyclic amines) is 1. The van der Waals surface area contributed by atoms with E-state index < -0.39 is 0 Å². The molecule has 7 heteroatoms. The molecule has 0 radical (unpaired) electrons. The first-order chi connectivity index (χ1) is 16.0. The molecule has 0 N–H and O–H groups in total. The Morgan fingerprint density at radius 1 is 1.15 bits per heavy atom. The van der Waals surface area contributed by atoms with Crippen LogP contribution in [0.2, 0.25) is 0 Å². The fraction of sp³-hybridized carbons (Fsp3) is 0.423. The highest BCUT2D eigenvalue weighted by Gasteiger charge is 2.30. The van der Waals surface area contributed by atoms with Crippen molar-refractivity contribution < 1.29 is 9.53 Å². The third-order valence-corrected chi connectivity index (χ3v) is 7.20. The molecular formula is C26H31N3O3S. The minimum atomic E-state index is -0.348. The van der Waals surface area contributed by atoms with Crippen LogP contribution in [0, 0.1) is 0 Å². The lowest BCUT2D eigenvalue weighted by Gasteiger charge is -2.36. The number of carbonyl (C=O) groups is 1. The SMILES string of the molecule is CCOc1ccc(-n2c(SC(C)C(=O)N3CCCCC3CC)nc3ccccc3c2=O)cc1. The summed E-state index contributed by atoms with van der Waals surface area (Å²) in [4.78, 5) is 33.7. The molecule has 1 aliphatic rings. The van der Waals surface area contributed by atoms with E-state index in [4.69, 9.17) is 9.72 Å². The van der Waals surface area contributed by atoms with E-state index in [0.29, 0.717) is 34.4 Å². The van der Waals surface area contributed by atoms with Crippen LogP contribution in [0.15, 0.2) is 58.5 Å². The van der Waals surface area contributed by atoms with Gasteiger partial charge in [0.15, 0.2) is 5.16 Å². The largest absolute Gasteiger partial charge is 0.494 e. The first kappa shape index (κ1) is 23.4. The topological polar surface area (TPSA) is 64.4 Å². The van der Waals surface area contributed by atoms with Gasteiger partial charge in [-0.25, -0.2) is 4.98 Å². The first-order valence-corrected chi connectivity index (χ1v) is 12.6. The molecular weight excluding hydrogens is 434 g/mol. The summed E-state index contributed by atoms with van der Waals surface area (Å²) in [5.41, 5.74) is 1.20. The number of hydrogen-bond donors (Lipinski definition) is 0. The number of carbonyl (C=O) groups excluding carboxylic acids is 1. The number of rotatable bonds is 7. The van der Waals surface area contributed by atoms with Gasteiger partial charge in [-0.3, -0.25) is 14.2 Å². The summed E-state index contributed by atoms with van der Waals surface area (Å²) in [5.74, 6) is 0.865. The molecule has 2 unspecified atom stereocenters. The Morgan fingerprint density at radius 2 is 1.91 bits per heavy atom. The molecule has 3 aromatic rings. The third-order valence-electron chi connectivity index (χ3n) is 6.16. The van der Waals surface area contributed by atoms with Crippen molar-refractivity contribution in [2.24, 2.45) is 0 Å². The Morgan fingerprint density at radius 3 is 2.64 bits per heavy atom. The smallest absolute Gasteiger partial charge is 0.266 e. The molecule has 0 aliphatic carbocycles. The van der Waals surface area contributed by atoms with Crippen molar-refractivity contribution in [2.75, 3.05) is 13.2 Å². The van der Waals surface area contributed by atoms with E-state index in [1.54, 1.807) is 10.6 Å². The Hall–Kier alpha value is -2.80. The summed E-state index contributed by atoms with van der Waals surface area (Å²) in [5, 5.41) is 0.727. The van der Waals surface area contributed by atoms with E-state index in [1.807, 2.05) is 61.2 Å². The number of benzene rings is 2. The molecule has 1 aromatic heterocycles. The van der Waals surface area contributed by atoms with E-state index >= 15 is 0 Å². The summed E-state index contributed by atoms with van der Waals surface area (Å²) < 4.78 is 7.16. The Bertz CT molecular complexity index is 1180. The van der Waals surface area contributed by atoms with Crippen LogP contribution >= 0.6 is 11.8 Å². The van der Waals surface area contributed by atoms with Gasteiger partial charge < -0.3 is 9.64 Å². The highest BCUT2D eigenvalue weighted by molar-refractivity contribution is 8.00. The molecule has 174 valence electrons. The second-order valence-corrected chi connectivity index (χ2v) is 9.64. The van der Waals surface area contributed by atoms with Crippen LogP contribution in [0.5, 0.6) is 5.75 Å². The van der Waals surface area contributed by atoms with Gasteiger partial charge in [0, 0.05) is 12.6 Å². The molecule has 0 bridgehead atoms. The van der Waals surface area contributed by atoms with Gasteiger partial charge in [0.25, 0.3) is 5.56 Å². The lowest BCUT2D eigenvalue weighted by atomic mass is 10.00. The number of thioether (sulfide) groups is 1. The van der Waals surface area contributed by atoms with Crippen LogP contribution in [0.3, 0.4) is 0 Å². The molecule has 2 heterocycles. The van der Waals surface area contributed by atoms with Gasteiger partial charge in [0.05, 0.1) is 28.4 Å². The molecule has 2 atom stereocenters. The van der Waals surface area contributed by atoms with Crippen molar-refractivity contribution in [3.8, 4) is 11.4 Å². The molecule has 2 aromatic carbocycles. The van der Waals surface area contributed by atoms with Crippen LogP contribution in [0.1, 0.15) is 46.5 Å². The van der Waals surface area contributed by atoms with E-state index in [0.717, 1.165) is 31.6 Å². The number of piperidine rings is 1. The van der Waals surface area contributed by atoms with Crippen LogP contribution in [0.25, 0.3) is 16.6 Å². The van der Waals surface area contributed by atoms with Crippen molar-refractivity contribution >= 4 is 28.6 Å². The molecule has 6 nitrogen and oxygen atoms in total. The van der Waals surface area contributed by atoms with Gasteiger partial charge in [-0.2, -0.15) is 0 Å². The predicted molar refractivity (Wildman–Crippen MR) is 133 cm³/mol. The Balaban J connectivity index is 1.72. The lowest BCUT2D eigenvalue weighted by Crippen LogP contribution is -2.46. The second-order valence-electron chi connectivity index (χ2n) is 8.33. The minimum Gasteiger partial charge on any atom is -0.494 e. The standard InChI is InChI=1S/C26H31N3O3S/c1-4-19-10-8-9-17-28(19)24(30)18(3)33-26-27-23-12-7-6-11-22(23)25(31)29(26)20-13-15-21(16-14-20)32-5-2/h6-7,11-16,18-19H,4-5,8-10,17H2,1-3H3. The minimum absolute atomic E-state index is 0.118. The van der Waals surface area contributed by atoms with Gasteiger partial charge in [-0.1, -0.05) is 30.8 Å². The summed E-state index contributed by atoms with van der Waals surface area (Å²) in [7, 11) is 0. The first-order valence-electron chi connectivity index (χ1n) is 11.8. The summed E-state index contributed by atoms with van der Waals surface area (Å²) in [6.07, 6.45) is 4.25. The molecule has 0 spiro atoms. The summed E-state index contributed by atoms with van der Waals surface area (Å²) >= 11 is 1.35. The number of hydrogen-bond acceptors (Lipinski definition) is 5. The molecule has 33 heavy (non-hydrogen) atoms. The van der Waals surface area contributed by atoms with Gasteiger partial charge >= 0.3 is 0 Å². The van der Waals surface area contributed by atoms with Crippen molar-refractivity contribution in [2.45, 2.75) is 62.9 Å². The summed E-state index contributed by atoms with van der Waals surface area (Å²) in [6, 6.07) is 15.1. The van der Waals surface area contributed by atoms with Gasteiger partial charge in [0.1, 0.15) is 5.75 Å². The van der Waals surface area contributed by atoms with E-state index in [1.165, 1.54) is 18.2 Å². The zero-order valence-corrected chi connectivity index (χ0v) is 20.3. The normalized spacial score (nSPS) is 17.2. The van der Waals surface area contributed by atoms with Crippen molar-refractivity contribution in [1.82, 2.24) is 14.5 Å². The van der Waals surface area contributed by atoms with Crippen LogP contribution < -0.4 is 10.3 Å². The highest BCUT2D eigenvalue weighted by atomic mass is 32.2. The number of ether oxygens (including phenoxy) is 1. The fourth-order valence-corrected chi connectivity index (χ4v) is 5.43. The quantitative estimate of drug-likeness (QED) is 0.361. The average molecular weight is 466 g/mol. The van der Waals surface area contributed by atoms with Gasteiger partial charge in [-0.05, 0) is 75.9 Å². The third kappa shape index (κ3) is 4.93. The van der Waals surface area contributed by atoms with Gasteiger partial charge in [-0.15, -0.1) is 0 Å². The number of aromatic nitrogens is 2. The zero-order chi connectivity index (χ0) is 23.4. The molecule has 1 aliphatic heterocycles. The van der Waals surface area contributed by atoms with Crippen molar-refractivity contribution in [1.29, 1.82) is 0 Å². The highest BCUT2D eigenvalue weighted by Crippen LogP contribution is 2.29. The molecule has 1 fully saturated rings. The predicted octanol–water partition coefficient (Wildman–Crippen LogP) is 5.06. The number of nitrogens with zero attached hydrogens (tertiary/aromatic N) is 3. The average Bonchev–Trinajstić information content (AvgIpc) is 2.84. The van der Waals surface area contributed by atoms with E-state index in [9.17, 15) is 9.59 Å². The van der Waals surface area contributed by atoms with Crippen molar-refractivity contribution in [3.63, 3.8) is 0 Å². The van der Waals surface area contributed by atoms with Gasteiger partial charge in [0.2, 0.25) is 5.91 Å². The Labute approximate surface area is 199 Å². The van der Waals surface area contributed by atoms with E-state index in [-0.39, 0.29) is 16.7 Å². The zero-order valence-electron chi connectivity index (χ0n) is 19.5. The van der Waals surface area contributed by atoms with Crippen LogP contribution in [0.4, 0.5) is 0 Å². The number of fused-ring (bicyclic) bond motifs is 1. The van der Waals surface area contributed by atoms with Crippen molar-refractivity contribution in [3.05, 3.63) is 58.9 Å². The monoisotopic (exact) mass is 465 g/mol. The fourth-order valence-electron chi connectivity index (χ4n) is 4.43. The lowest BCUT2D eigenvalue weighted by molar-refractivity contribution is -0.134. The molecule has 1 amide bonds. The maximum Gasteiger partial charge on any atom is 0.266 e. The van der Waals surface area contributed by atoms with E-state index in [2.05, 4.69) is 6.92 Å². The molecule has 0 saturated carbocycles. The Kier molecular flexibility index (Phi) is 7.38. The number of para-hydroxylation sites is 1. The van der Waals surface area contributed by atoms with Crippen LogP contribution in [-0.4, -0.2) is 44.8 Å². The molecule has 4 rings (SSSR count). The summed E-state index contributed by atoms with van der Waals surface area (Å²) in [6.45, 7) is 7.37.